The largest absolute Gasteiger partial charge is 0.383 e. The molecule has 1 amide bonds. The first kappa shape index (κ1) is 14.5. The van der Waals surface area contributed by atoms with Crippen LogP contribution in [0.4, 0.5) is 0 Å². The number of nitrogens with one attached hydrogen (secondary N) is 1. The molecule has 0 aromatic heterocycles. The van der Waals surface area contributed by atoms with Gasteiger partial charge in [-0.15, -0.1) is 0 Å². The lowest BCUT2D eigenvalue weighted by Crippen LogP contribution is -2.34. The first-order valence-electron chi connectivity index (χ1n) is 4.96. The van der Waals surface area contributed by atoms with Crippen LogP contribution in [-0.4, -0.2) is 47.9 Å². The molecule has 0 spiro atoms. The van der Waals surface area contributed by atoms with E-state index < -0.39 is 10.8 Å². The second-order valence-electron chi connectivity index (χ2n) is 3.26. The first-order valence-corrected chi connectivity index (χ1v) is 6.45. The normalized spacial score (nSPS) is 14.6. The minimum Gasteiger partial charge on any atom is -0.383 e. The summed E-state index contributed by atoms with van der Waals surface area (Å²) in [7, 11) is 0.397. The van der Waals surface area contributed by atoms with Crippen LogP contribution in [0.5, 0.6) is 0 Å². The Morgan fingerprint density at radius 3 is 2.80 bits per heavy atom. The van der Waals surface area contributed by atoms with E-state index in [0.717, 1.165) is 6.42 Å². The van der Waals surface area contributed by atoms with Gasteiger partial charge in [0.2, 0.25) is 5.91 Å². The maximum atomic E-state index is 11.4. The summed E-state index contributed by atoms with van der Waals surface area (Å²) in [5.74, 6) is 0.194. The van der Waals surface area contributed by atoms with E-state index in [4.69, 9.17) is 10.5 Å². The van der Waals surface area contributed by atoms with E-state index in [9.17, 15) is 9.00 Å². The highest BCUT2D eigenvalue weighted by Crippen LogP contribution is 1.91. The molecule has 90 valence electrons. The van der Waals surface area contributed by atoms with Gasteiger partial charge in [0.15, 0.2) is 0 Å². The molecule has 0 saturated heterocycles. The van der Waals surface area contributed by atoms with Crippen molar-refractivity contribution in [2.45, 2.75) is 19.4 Å². The van der Waals surface area contributed by atoms with Gasteiger partial charge in [-0.2, -0.15) is 0 Å². The van der Waals surface area contributed by atoms with E-state index in [2.05, 4.69) is 5.32 Å². The lowest BCUT2D eigenvalue weighted by Gasteiger charge is -2.08. The van der Waals surface area contributed by atoms with Crippen molar-refractivity contribution in [1.82, 2.24) is 5.32 Å². The van der Waals surface area contributed by atoms with Crippen LogP contribution in [-0.2, 0) is 20.3 Å². The number of carbonyl (C=O) groups is 1. The average Bonchev–Trinajstić information content (AvgIpc) is 2.17. The van der Waals surface area contributed by atoms with Gasteiger partial charge in [0.05, 0.1) is 6.61 Å². The molecular weight excluding hydrogens is 216 g/mol. The van der Waals surface area contributed by atoms with E-state index in [1.165, 1.54) is 0 Å². The SMILES string of the molecule is CCC(N)CS(=O)CC(=O)NCCOC. The predicted octanol–water partition coefficient (Wildman–Crippen LogP) is -0.765. The summed E-state index contributed by atoms with van der Waals surface area (Å²) in [6, 6.07) is -0.0855. The van der Waals surface area contributed by atoms with E-state index in [0.29, 0.717) is 18.9 Å². The highest BCUT2D eigenvalue weighted by molar-refractivity contribution is 7.85. The molecule has 0 radical (unpaired) electrons. The lowest BCUT2D eigenvalue weighted by atomic mass is 10.3. The maximum absolute atomic E-state index is 11.4. The number of hydrogen-bond donors (Lipinski definition) is 2. The van der Waals surface area contributed by atoms with Crippen molar-refractivity contribution in [1.29, 1.82) is 0 Å². The smallest absolute Gasteiger partial charge is 0.232 e. The Labute approximate surface area is 93.2 Å². The van der Waals surface area contributed by atoms with Crippen molar-refractivity contribution in [3.8, 4) is 0 Å². The Morgan fingerprint density at radius 1 is 1.60 bits per heavy atom. The molecule has 5 nitrogen and oxygen atoms in total. The summed E-state index contributed by atoms with van der Waals surface area (Å²) in [6.45, 7) is 2.85. The number of methoxy groups -OCH3 is 1. The second-order valence-corrected chi connectivity index (χ2v) is 4.76. The van der Waals surface area contributed by atoms with Crippen LogP contribution in [0.3, 0.4) is 0 Å². The van der Waals surface area contributed by atoms with Crippen molar-refractivity contribution < 1.29 is 13.7 Å². The van der Waals surface area contributed by atoms with E-state index in [1.54, 1.807) is 7.11 Å². The fourth-order valence-corrected chi connectivity index (χ4v) is 2.13. The number of amides is 1. The third-order valence-corrected chi connectivity index (χ3v) is 3.23. The zero-order chi connectivity index (χ0) is 11.7. The van der Waals surface area contributed by atoms with E-state index >= 15 is 0 Å². The van der Waals surface area contributed by atoms with Crippen LogP contribution in [0.2, 0.25) is 0 Å². The van der Waals surface area contributed by atoms with Crippen LogP contribution in [0, 0.1) is 0 Å². The van der Waals surface area contributed by atoms with Gasteiger partial charge in [0.25, 0.3) is 0 Å². The molecule has 6 heteroatoms. The maximum Gasteiger partial charge on any atom is 0.232 e. The van der Waals surface area contributed by atoms with Crippen molar-refractivity contribution in [3.63, 3.8) is 0 Å². The van der Waals surface area contributed by atoms with Crippen LogP contribution in [0.25, 0.3) is 0 Å². The third-order valence-electron chi connectivity index (χ3n) is 1.84. The zero-order valence-electron chi connectivity index (χ0n) is 9.32. The highest BCUT2D eigenvalue weighted by Gasteiger charge is 2.10. The van der Waals surface area contributed by atoms with Gasteiger partial charge in [-0.3, -0.25) is 9.00 Å². The van der Waals surface area contributed by atoms with Gasteiger partial charge >= 0.3 is 0 Å². The first-order chi connectivity index (χ1) is 7.10. The molecule has 2 unspecified atom stereocenters. The third kappa shape index (κ3) is 8.53. The number of nitrogens with two attached hydrogens (primary N) is 1. The Morgan fingerprint density at radius 2 is 2.27 bits per heavy atom. The topological polar surface area (TPSA) is 81.4 Å². The summed E-state index contributed by atoms with van der Waals surface area (Å²) in [4.78, 5) is 11.2. The van der Waals surface area contributed by atoms with Crippen LogP contribution < -0.4 is 11.1 Å². The lowest BCUT2D eigenvalue weighted by molar-refractivity contribution is -0.118. The molecule has 0 saturated carbocycles. The molecule has 3 N–H and O–H groups in total. The standard InChI is InChI=1S/C9H20N2O3S/c1-3-8(10)6-15(13)7-9(12)11-4-5-14-2/h8H,3-7,10H2,1-2H3,(H,11,12). The fraction of sp³-hybridized carbons (Fsp3) is 0.889. The molecule has 0 aromatic rings. The summed E-state index contributed by atoms with van der Waals surface area (Å²) < 4.78 is 16.2. The molecule has 0 fully saturated rings. The van der Waals surface area contributed by atoms with Crippen molar-refractivity contribution >= 4 is 16.7 Å². The molecule has 0 aliphatic heterocycles. The predicted molar refractivity (Wildman–Crippen MR) is 61.0 cm³/mol. The number of hydrogen-bond acceptors (Lipinski definition) is 4. The Hall–Kier alpha value is -0.460. The minimum absolute atomic E-state index is 0.0252. The zero-order valence-corrected chi connectivity index (χ0v) is 10.1. The Balaban J connectivity index is 3.62. The molecule has 0 rings (SSSR count). The second kappa shape index (κ2) is 8.82. The van der Waals surface area contributed by atoms with Gasteiger partial charge in [-0.05, 0) is 6.42 Å². The number of carbonyl (C=O) groups excluding carboxylic acids is 1. The molecule has 2 atom stereocenters. The summed E-state index contributed by atoms with van der Waals surface area (Å²) >= 11 is 0. The van der Waals surface area contributed by atoms with Crippen LogP contribution >= 0.6 is 0 Å². The summed E-state index contributed by atoms with van der Waals surface area (Å²) in [5, 5.41) is 2.61. The molecule has 0 aliphatic rings. The van der Waals surface area contributed by atoms with Gasteiger partial charge in [0.1, 0.15) is 5.75 Å². The van der Waals surface area contributed by atoms with Crippen LogP contribution in [0.1, 0.15) is 13.3 Å². The van der Waals surface area contributed by atoms with Gasteiger partial charge < -0.3 is 15.8 Å². The quantitative estimate of drug-likeness (QED) is 0.543. The molecule has 0 aliphatic carbocycles. The molecule has 0 bridgehead atoms. The average molecular weight is 236 g/mol. The summed E-state index contributed by atoms with van der Waals surface area (Å²) in [6.07, 6.45) is 0.775. The van der Waals surface area contributed by atoms with Crippen LogP contribution in [0.15, 0.2) is 0 Å². The molecular formula is C9H20N2O3S. The molecule has 0 heterocycles. The Kier molecular flexibility index (Phi) is 8.55. The Bertz CT molecular complexity index is 212. The van der Waals surface area contributed by atoms with Gasteiger partial charge in [0, 0.05) is 36.2 Å². The van der Waals surface area contributed by atoms with Crippen molar-refractivity contribution in [2.24, 2.45) is 5.73 Å². The molecule has 15 heavy (non-hydrogen) atoms. The molecule has 0 aromatic carbocycles. The van der Waals surface area contributed by atoms with Crippen molar-refractivity contribution in [3.05, 3.63) is 0 Å². The monoisotopic (exact) mass is 236 g/mol. The number of ether oxygens (including phenoxy) is 1. The fourth-order valence-electron chi connectivity index (χ4n) is 0.905. The highest BCUT2D eigenvalue weighted by atomic mass is 32.2. The van der Waals surface area contributed by atoms with Gasteiger partial charge in [-0.1, -0.05) is 6.92 Å². The summed E-state index contributed by atoms with van der Waals surface area (Å²) in [5.41, 5.74) is 5.63. The van der Waals surface area contributed by atoms with E-state index in [-0.39, 0.29) is 17.7 Å². The van der Waals surface area contributed by atoms with E-state index in [1.807, 2.05) is 6.92 Å². The van der Waals surface area contributed by atoms with Crippen molar-refractivity contribution in [2.75, 3.05) is 31.8 Å². The minimum atomic E-state index is -1.16. The number of rotatable bonds is 8. The van der Waals surface area contributed by atoms with Gasteiger partial charge in [-0.25, -0.2) is 0 Å².